The fraction of sp³-hybridized carbons (Fsp3) is 0. The van der Waals surface area contributed by atoms with Crippen LogP contribution in [0.5, 0.6) is 17.2 Å². The van der Waals surface area contributed by atoms with Gasteiger partial charge in [0.15, 0.2) is 0 Å². The van der Waals surface area contributed by atoms with Gasteiger partial charge in [-0.3, -0.25) is 0 Å². The molecule has 0 aliphatic rings. The first-order valence-corrected chi connectivity index (χ1v) is 11.8. The first-order valence-electron chi connectivity index (χ1n) is 9.41. The van der Waals surface area contributed by atoms with Gasteiger partial charge >= 0.3 is 0 Å². The van der Waals surface area contributed by atoms with Crippen molar-refractivity contribution in [1.82, 2.24) is 0 Å². The van der Waals surface area contributed by atoms with Gasteiger partial charge in [-0.15, -0.1) is 25.3 Å². The van der Waals surface area contributed by atoms with Gasteiger partial charge in [-0.25, -0.2) is 8.42 Å². The third kappa shape index (κ3) is 6.00. The maximum atomic E-state index is 12.7. The molecule has 4 rings (SSSR count). The van der Waals surface area contributed by atoms with Gasteiger partial charge in [0, 0.05) is 15.5 Å². The lowest BCUT2D eigenvalue weighted by atomic mass is 10.3. The molecule has 0 saturated heterocycles. The van der Waals surface area contributed by atoms with Crippen LogP contribution in [0.25, 0.3) is 0 Å². The van der Waals surface area contributed by atoms with Gasteiger partial charge in [-0.05, 0) is 60.7 Å². The standard InChI is InChI=1S/C18H14O4S3.C6H7N/c19-15-8-6-13(10-17(15)23)25(20,21)14-7-9-16(18(24)11-14)22-12-4-2-1-3-5-12;7-6-4-2-1-3-5-6/h1-11,19,23-24H;1-5H,7H2. The second-order valence-electron chi connectivity index (χ2n) is 6.61. The molecule has 5 nitrogen and oxygen atoms in total. The zero-order valence-electron chi connectivity index (χ0n) is 16.8. The Kier molecular flexibility index (Phi) is 7.74. The first kappa shape index (κ1) is 23.6. The van der Waals surface area contributed by atoms with Gasteiger partial charge < -0.3 is 15.6 Å². The summed E-state index contributed by atoms with van der Waals surface area (Å²) < 4.78 is 31.2. The van der Waals surface area contributed by atoms with Crippen LogP contribution >= 0.6 is 25.3 Å². The highest BCUT2D eigenvalue weighted by Crippen LogP contribution is 2.33. The summed E-state index contributed by atoms with van der Waals surface area (Å²) >= 11 is 8.39. The van der Waals surface area contributed by atoms with E-state index in [0.29, 0.717) is 16.4 Å². The molecule has 8 heteroatoms. The number of rotatable bonds is 4. The molecule has 4 aromatic rings. The second-order valence-corrected chi connectivity index (χ2v) is 9.52. The van der Waals surface area contributed by atoms with Crippen molar-refractivity contribution in [3.05, 3.63) is 97.1 Å². The van der Waals surface area contributed by atoms with E-state index in [-0.39, 0.29) is 20.4 Å². The molecule has 0 saturated carbocycles. The lowest BCUT2D eigenvalue weighted by Crippen LogP contribution is -2.02. The molecule has 0 aliphatic carbocycles. The number of ether oxygens (including phenoxy) is 1. The van der Waals surface area contributed by atoms with E-state index in [1.54, 1.807) is 18.2 Å². The third-order valence-electron chi connectivity index (χ3n) is 4.27. The van der Waals surface area contributed by atoms with Gasteiger partial charge in [0.05, 0.1) is 9.79 Å². The molecule has 0 aromatic heterocycles. The molecule has 32 heavy (non-hydrogen) atoms. The summed E-state index contributed by atoms with van der Waals surface area (Å²) in [5.41, 5.74) is 6.18. The number of hydrogen-bond acceptors (Lipinski definition) is 7. The molecule has 0 amide bonds. The molecule has 0 fully saturated rings. The summed E-state index contributed by atoms with van der Waals surface area (Å²) in [5, 5.41) is 9.50. The zero-order valence-corrected chi connectivity index (χ0v) is 19.4. The molecule has 164 valence electrons. The average Bonchev–Trinajstić information content (AvgIpc) is 2.78. The van der Waals surface area contributed by atoms with Gasteiger partial charge in [0.2, 0.25) is 9.84 Å². The number of nitrogen functional groups attached to an aromatic ring is 1. The Labute approximate surface area is 198 Å². The van der Waals surface area contributed by atoms with Crippen molar-refractivity contribution >= 4 is 40.8 Å². The van der Waals surface area contributed by atoms with E-state index in [9.17, 15) is 13.5 Å². The summed E-state index contributed by atoms with van der Waals surface area (Å²) in [6, 6.07) is 27.0. The molecule has 0 bridgehead atoms. The monoisotopic (exact) mass is 483 g/mol. The fourth-order valence-electron chi connectivity index (χ4n) is 2.63. The highest BCUT2D eigenvalue weighted by molar-refractivity contribution is 7.91. The topological polar surface area (TPSA) is 89.6 Å². The Balaban J connectivity index is 0.000000352. The molecule has 0 heterocycles. The number of phenolic OH excluding ortho intramolecular Hbond substituents is 1. The maximum absolute atomic E-state index is 12.7. The Morgan fingerprint density at radius 1 is 0.719 bits per heavy atom. The molecule has 0 atom stereocenters. The summed E-state index contributed by atoms with van der Waals surface area (Å²) in [6.07, 6.45) is 0. The van der Waals surface area contributed by atoms with Gasteiger partial charge in [0.1, 0.15) is 17.2 Å². The summed E-state index contributed by atoms with van der Waals surface area (Å²) in [5.74, 6) is 1.00. The average molecular weight is 484 g/mol. The lowest BCUT2D eigenvalue weighted by Gasteiger charge is -2.11. The quantitative estimate of drug-likeness (QED) is 0.216. The van der Waals surface area contributed by atoms with Crippen LogP contribution in [0.4, 0.5) is 5.69 Å². The van der Waals surface area contributed by atoms with Crippen molar-refractivity contribution in [3.8, 4) is 17.2 Å². The zero-order chi connectivity index (χ0) is 23.1. The highest BCUT2D eigenvalue weighted by Gasteiger charge is 2.20. The molecule has 4 aromatic carbocycles. The molecular weight excluding hydrogens is 462 g/mol. The fourth-order valence-corrected chi connectivity index (χ4v) is 4.59. The second kappa shape index (κ2) is 10.5. The Morgan fingerprint density at radius 2 is 1.25 bits per heavy atom. The first-order chi connectivity index (χ1) is 15.3. The molecular formula is C24H21NO4S3. The van der Waals surface area contributed by atoms with E-state index >= 15 is 0 Å². The highest BCUT2D eigenvalue weighted by atomic mass is 32.2. The predicted octanol–water partition coefficient (Wildman–Crippen LogP) is 5.86. The SMILES string of the molecule is Nc1ccccc1.O=S(=O)(c1ccc(O)c(S)c1)c1ccc(Oc2ccccc2)c(S)c1. The Hall–Kier alpha value is -3.07. The predicted molar refractivity (Wildman–Crippen MR) is 132 cm³/mol. The number of thiol groups is 2. The van der Waals surface area contributed by atoms with Crippen LogP contribution in [0.1, 0.15) is 0 Å². The Bertz CT molecular complexity index is 1300. The minimum absolute atomic E-state index is 0.0414. The van der Waals surface area contributed by atoms with E-state index in [0.717, 1.165) is 5.69 Å². The minimum atomic E-state index is -3.75. The van der Waals surface area contributed by atoms with Gasteiger partial charge in [-0.1, -0.05) is 36.4 Å². The number of para-hydroxylation sites is 2. The minimum Gasteiger partial charge on any atom is -0.507 e. The number of nitrogens with two attached hydrogens (primary N) is 1. The van der Waals surface area contributed by atoms with Crippen molar-refractivity contribution in [2.24, 2.45) is 0 Å². The molecule has 0 aliphatic heterocycles. The number of anilines is 1. The van der Waals surface area contributed by atoms with E-state index in [1.807, 2.05) is 48.5 Å². The molecule has 0 spiro atoms. The summed E-state index contributed by atoms with van der Waals surface area (Å²) in [4.78, 5) is 0.710. The van der Waals surface area contributed by atoms with E-state index in [2.05, 4.69) is 25.3 Å². The van der Waals surface area contributed by atoms with Crippen LogP contribution < -0.4 is 10.5 Å². The van der Waals surface area contributed by atoms with Crippen LogP contribution in [0.2, 0.25) is 0 Å². The van der Waals surface area contributed by atoms with Crippen molar-refractivity contribution < 1.29 is 18.3 Å². The van der Waals surface area contributed by atoms with Crippen LogP contribution in [0.3, 0.4) is 0 Å². The van der Waals surface area contributed by atoms with Crippen molar-refractivity contribution in [2.45, 2.75) is 19.6 Å². The van der Waals surface area contributed by atoms with Crippen molar-refractivity contribution in [2.75, 3.05) is 5.73 Å². The maximum Gasteiger partial charge on any atom is 0.206 e. The lowest BCUT2D eigenvalue weighted by molar-refractivity contribution is 0.462. The number of aromatic hydroxyl groups is 1. The van der Waals surface area contributed by atoms with E-state index in [4.69, 9.17) is 10.5 Å². The number of hydrogen-bond donors (Lipinski definition) is 4. The normalized spacial score (nSPS) is 10.7. The summed E-state index contributed by atoms with van der Waals surface area (Å²) in [6.45, 7) is 0. The smallest absolute Gasteiger partial charge is 0.206 e. The molecule has 3 N–H and O–H groups in total. The Morgan fingerprint density at radius 3 is 1.75 bits per heavy atom. The molecule has 0 unspecified atom stereocenters. The van der Waals surface area contributed by atoms with Crippen molar-refractivity contribution in [1.29, 1.82) is 0 Å². The van der Waals surface area contributed by atoms with E-state index < -0.39 is 9.84 Å². The van der Waals surface area contributed by atoms with Crippen LogP contribution in [0, 0.1) is 0 Å². The van der Waals surface area contributed by atoms with Crippen LogP contribution in [-0.4, -0.2) is 13.5 Å². The third-order valence-corrected chi connectivity index (χ3v) is 6.73. The van der Waals surface area contributed by atoms with Crippen LogP contribution in [0.15, 0.2) is 117 Å². The van der Waals surface area contributed by atoms with Crippen LogP contribution in [-0.2, 0) is 9.84 Å². The molecule has 0 radical (unpaired) electrons. The largest absolute Gasteiger partial charge is 0.507 e. The van der Waals surface area contributed by atoms with Gasteiger partial charge in [-0.2, -0.15) is 0 Å². The van der Waals surface area contributed by atoms with Crippen molar-refractivity contribution in [3.63, 3.8) is 0 Å². The van der Waals surface area contributed by atoms with E-state index in [1.165, 1.54) is 30.3 Å². The summed E-state index contributed by atoms with van der Waals surface area (Å²) in [7, 11) is -3.75. The number of phenols is 1. The number of sulfone groups is 1. The van der Waals surface area contributed by atoms with Gasteiger partial charge in [0.25, 0.3) is 0 Å². The number of benzene rings is 4.